The molecular formula is C6H5ClO3S. The summed E-state index contributed by atoms with van der Waals surface area (Å²) in [4.78, 5) is 0.684. The SMILES string of the molecule is OOOSc1ccccc1Cl. The second kappa shape index (κ2) is 4.58. The number of benzene rings is 1. The lowest BCUT2D eigenvalue weighted by Gasteiger charge is -1.98. The van der Waals surface area contributed by atoms with Crippen LogP contribution in [0, 0.1) is 0 Å². The van der Waals surface area contributed by atoms with Crippen LogP contribution in [-0.2, 0) is 9.37 Å². The van der Waals surface area contributed by atoms with Crippen molar-refractivity contribution >= 4 is 23.6 Å². The van der Waals surface area contributed by atoms with Gasteiger partial charge in [0.1, 0.15) is 0 Å². The molecule has 0 aliphatic heterocycles. The highest BCUT2D eigenvalue weighted by Gasteiger charge is 1.99. The first kappa shape index (κ1) is 8.83. The fourth-order valence-electron chi connectivity index (χ4n) is 0.564. The molecule has 0 heterocycles. The van der Waals surface area contributed by atoms with E-state index in [0.29, 0.717) is 9.92 Å². The molecule has 0 aliphatic rings. The first-order chi connectivity index (χ1) is 5.34. The Kier molecular flexibility index (Phi) is 3.68. The first-order valence-electron chi connectivity index (χ1n) is 2.74. The van der Waals surface area contributed by atoms with Crippen LogP contribution in [0.25, 0.3) is 0 Å². The van der Waals surface area contributed by atoms with Crippen molar-refractivity contribution < 1.29 is 14.6 Å². The van der Waals surface area contributed by atoms with Crippen molar-refractivity contribution in [3.63, 3.8) is 0 Å². The lowest BCUT2D eigenvalue weighted by molar-refractivity contribution is -0.432. The molecule has 11 heavy (non-hydrogen) atoms. The average Bonchev–Trinajstić information content (AvgIpc) is 2.03. The third-order valence-electron chi connectivity index (χ3n) is 0.991. The predicted molar refractivity (Wildman–Crippen MR) is 42.1 cm³/mol. The molecule has 60 valence electrons. The van der Waals surface area contributed by atoms with Gasteiger partial charge < -0.3 is 0 Å². The predicted octanol–water partition coefficient (Wildman–Crippen LogP) is 2.77. The van der Waals surface area contributed by atoms with Crippen LogP contribution < -0.4 is 0 Å². The number of halogens is 1. The van der Waals surface area contributed by atoms with Gasteiger partial charge in [0.15, 0.2) is 0 Å². The highest BCUT2D eigenvalue weighted by molar-refractivity contribution is 7.94. The topological polar surface area (TPSA) is 38.7 Å². The maximum atomic E-state index is 7.83. The minimum absolute atomic E-state index is 0.551. The zero-order valence-corrected chi connectivity index (χ0v) is 6.93. The van der Waals surface area contributed by atoms with Gasteiger partial charge in [-0.25, -0.2) is 5.26 Å². The zero-order chi connectivity index (χ0) is 8.10. The van der Waals surface area contributed by atoms with Crippen molar-refractivity contribution in [3.8, 4) is 0 Å². The summed E-state index contributed by atoms with van der Waals surface area (Å²) in [7, 11) is 0. The lowest BCUT2D eigenvalue weighted by atomic mass is 10.4. The van der Waals surface area contributed by atoms with Gasteiger partial charge in [0.05, 0.1) is 22.0 Å². The van der Waals surface area contributed by atoms with E-state index in [1.807, 2.05) is 0 Å². The smallest absolute Gasteiger partial charge is 0.0730 e. The van der Waals surface area contributed by atoms with E-state index >= 15 is 0 Å². The summed E-state index contributed by atoms with van der Waals surface area (Å²) in [6.07, 6.45) is 0. The van der Waals surface area contributed by atoms with Crippen LogP contribution in [0.4, 0.5) is 0 Å². The molecule has 1 rings (SSSR count). The number of hydrogen-bond donors (Lipinski definition) is 1. The first-order valence-corrected chi connectivity index (χ1v) is 3.86. The average molecular weight is 193 g/mol. The quantitative estimate of drug-likeness (QED) is 0.454. The molecule has 0 spiro atoms. The van der Waals surface area contributed by atoms with E-state index in [1.54, 1.807) is 24.3 Å². The summed E-state index contributed by atoms with van der Waals surface area (Å²) in [5, 5.41) is 11.8. The van der Waals surface area contributed by atoms with E-state index in [2.05, 4.69) is 9.37 Å². The van der Waals surface area contributed by atoms with Crippen LogP contribution in [0.15, 0.2) is 29.2 Å². The molecule has 0 aromatic heterocycles. The molecule has 0 amide bonds. The van der Waals surface area contributed by atoms with Crippen LogP contribution in [-0.4, -0.2) is 5.26 Å². The third kappa shape index (κ3) is 2.69. The van der Waals surface area contributed by atoms with Gasteiger partial charge in [-0.15, -0.1) is 4.33 Å². The van der Waals surface area contributed by atoms with E-state index in [4.69, 9.17) is 16.9 Å². The highest BCUT2D eigenvalue weighted by Crippen LogP contribution is 2.26. The monoisotopic (exact) mass is 192 g/mol. The van der Waals surface area contributed by atoms with Crippen LogP contribution in [0.2, 0.25) is 5.02 Å². The van der Waals surface area contributed by atoms with Crippen LogP contribution in [0.5, 0.6) is 0 Å². The van der Waals surface area contributed by atoms with Crippen molar-refractivity contribution in [3.05, 3.63) is 29.3 Å². The Balaban J connectivity index is 2.62. The minimum atomic E-state index is 0.551. The van der Waals surface area contributed by atoms with Gasteiger partial charge in [-0.05, 0) is 12.1 Å². The molecule has 0 saturated heterocycles. The van der Waals surface area contributed by atoms with Gasteiger partial charge in [-0.2, -0.15) is 0 Å². The molecule has 3 nitrogen and oxygen atoms in total. The second-order valence-corrected chi connectivity index (χ2v) is 2.81. The fraction of sp³-hybridized carbons (Fsp3) is 0. The van der Waals surface area contributed by atoms with Crippen molar-refractivity contribution in [2.45, 2.75) is 4.90 Å². The molecule has 0 aliphatic carbocycles. The van der Waals surface area contributed by atoms with Gasteiger partial charge in [-0.3, -0.25) is 0 Å². The Bertz CT molecular complexity index is 231. The van der Waals surface area contributed by atoms with Gasteiger partial charge in [0, 0.05) is 0 Å². The molecular weight excluding hydrogens is 188 g/mol. The molecule has 1 N–H and O–H groups in total. The van der Waals surface area contributed by atoms with Crippen molar-refractivity contribution in [2.75, 3.05) is 0 Å². The molecule has 0 radical (unpaired) electrons. The molecule has 0 atom stereocenters. The summed E-state index contributed by atoms with van der Waals surface area (Å²) < 4.78 is 4.19. The fourth-order valence-corrected chi connectivity index (χ4v) is 1.18. The lowest BCUT2D eigenvalue weighted by Crippen LogP contribution is -1.78. The van der Waals surface area contributed by atoms with Gasteiger partial charge in [-0.1, -0.05) is 28.8 Å². The molecule has 0 bridgehead atoms. The third-order valence-corrected chi connectivity index (χ3v) is 2.10. The Hall–Kier alpha value is -0.260. The Morgan fingerprint density at radius 1 is 1.36 bits per heavy atom. The summed E-state index contributed by atoms with van der Waals surface area (Å²) in [6, 6.07) is 7.05. The summed E-state index contributed by atoms with van der Waals surface area (Å²) in [5.74, 6) is 0. The van der Waals surface area contributed by atoms with Gasteiger partial charge in [0.25, 0.3) is 0 Å². The van der Waals surface area contributed by atoms with Crippen LogP contribution >= 0.6 is 23.6 Å². The largest absolute Gasteiger partial charge is 0.220 e. The molecule has 5 heteroatoms. The van der Waals surface area contributed by atoms with E-state index in [-0.39, 0.29) is 0 Å². The Morgan fingerprint density at radius 2 is 2.09 bits per heavy atom. The molecule has 1 aromatic rings. The summed E-state index contributed by atoms with van der Waals surface area (Å²) in [6.45, 7) is 0. The Morgan fingerprint density at radius 3 is 2.73 bits per heavy atom. The van der Waals surface area contributed by atoms with Crippen molar-refractivity contribution in [1.82, 2.24) is 0 Å². The van der Waals surface area contributed by atoms with Crippen molar-refractivity contribution in [2.24, 2.45) is 0 Å². The van der Waals surface area contributed by atoms with Crippen molar-refractivity contribution in [1.29, 1.82) is 0 Å². The molecule has 1 aromatic carbocycles. The second-order valence-electron chi connectivity index (χ2n) is 1.66. The maximum Gasteiger partial charge on any atom is 0.0730 e. The maximum absolute atomic E-state index is 7.83. The molecule has 0 fully saturated rings. The number of rotatable bonds is 3. The van der Waals surface area contributed by atoms with Gasteiger partial charge in [0.2, 0.25) is 0 Å². The van der Waals surface area contributed by atoms with Crippen LogP contribution in [0.1, 0.15) is 0 Å². The van der Waals surface area contributed by atoms with E-state index in [0.717, 1.165) is 12.0 Å². The van der Waals surface area contributed by atoms with Gasteiger partial charge >= 0.3 is 0 Å². The molecule has 0 saturated carbocycles. The van der Waals surface area contributed by atoms with Crippen LogP contribution in [0.3, 0.4) is 0 Å². The van der Waals surface area contributed by atoms with E-state index < -0.39 is 0 Å². The normalized spacial score (nSPS) is 10.0. The number of hydrogen-bond acceptors (Lipinski definition) is 4. The van der Waals surface area contributed by atoms with E-state index in [9.17, 15) is 0 Å². The summed E-state index contributed by atoms with van der Waals surface area (Å²) >= 11 is 6.56. The highest BCUT2D eigenvalue weighted by atomic mass is 35.5. The standard InChI is InChI=1S/C6H5ClO3S/c7-5-3-1-2-4-6(5)11-10-9-8/h1-4,8H. The molecule has 0 unspecified atom stereocenters. The zero-order valence-electron chi connectivity index (χ0n) is 5.36. The van der Waals surface area contributed by atoms with E-state index in [1.165, 1.54) is 0 Å². The minimum Gasteiger partial charge on any atom is -0.220 e. The Labute approximate surface area is 72.9 Å². The summed E-state index contributed by atoms with van der Waals surface area (Å²) in [5.41, 5.74) is 0.